The fraction of sp³-hybridized carbons (Fsp3) is 0.190. The number of aryl methyl sites for hydroxylation is 1. The minimum atomic E-state index is -0.264. The second-order valence-electron chi connectivity index (χ2n) is 6.13. The van der Waals surface area contributed by atoms with Gasteiger partial charge in [-0.2, -0.15) is 0 Å². The van der Waals surface area contributed by atoms with Crippen LogP contribution in [0.3, 0.4) is 0 Å². The first-order valence-electron chi connectivity index (χ1n) is 8.71. The lowest BCUT2D eigenvalue weighted by atomic mass is 10.1. The molecule has 1 heterocycles. The normalized spacial score (nSPS) is 10.3. The molecule has 2 aromatic carbocycles. The van der Waals surface area contributed by atoms with Crippen LogP contribution in [0.5, 0.6) is 5.75 Å². The molecule has 2 N–H and O–H groups in total. The summed E-state index contributed by atoms with van der Waals surface area (Å²) in [5.74, 6) is 1.19. The van der Waals surface area contributed by atoms with Crippen LogP contribution in [-0.4, -0.2) is 29.5 Å². The number of methoxy groups -OCH3 is 1. The van der Waals surface area contributed by atoms with Gasteiger partial charge in [-0.25, -0.2) is 9.97 Å². The molecule has 0 bridgehead atoms. The number of nitrogens with one attached hydrogen (secondary N) is 2. The van der Waals surface area contributed by atoms with Gasteiger partial charge >= 0.3 is 0 Å². The maximum Gasteiger partial charge on any atom is 0.274 e. The predicted molar refractivity (Wildman–Crippen MR) is 106 cm³/mol. The van der Waals surface area contributed by atoms with E-state index < -0.39 is 0 Å². The Kier molecular flexibility index (Phi) is 5.99. The number of anilines is 2. The van der Waals surface area contributed by atoms with E-state index in [0.717, 1.165) is 23.4 Å². The van der Waals surface area contributed by atoms with E-state index >= 15 is 0 Å². The molecule has 1 aromatic heterocycles. The van der Waals surface area contributed by atoms with E-state index in [2.05, 4.69) is 20.6 Å². The van der Waals surface area contributed by atoms with Crippen molar-refractivity contribution in [1.29, 1.82) is 0 Å². The fourth-order valence-corrected chi connectivity index (χ4v) is 2.54. The van der Waals surface area contributed by atoms with Gasteiger partial charge in [-0.05, 0) is 43.2 Å². The second kappa shape index (κ2) is 8.80. The van der Waals surface area contributed by atoms with E-state index in [0.29, 0.717) is 18.1 Å². The topological polar surface area (TPSA) is 76.1 Å². The van der Waals surface area contributed by atoms with Gasteiger partial charge in [-0.15, -0.1) is 0 Å². The van der Waals surface area contributed by atoms with E-state index in [9.17, 15) is 4.79 Å². The highest BCUT2D eigenvalue weighted by Gasteiger charge is 2.09. The van der Waals surface area contributed by atoms with Gasteiger partial charge in [0.25, 0.3) is 5.91 Å². The predicted octanol–water partition coefficient (Wildman–Crippen LogP) is 3.70. The molecule has 6 heteroatoms. The van der Waals surface area contributed by atoms with Gasteiger partial charge in [-0.3, -0.25) is 4.79 Å². The molecule has 0 unspecified atom stereocenters. The van der Waals surface area contributed by atoms with E-state index in [4.69, 9.17) is 4.74 Å². The number of amides is 1. The molecule has 0 saturated carbocycles. The third kappa shape index (κ3) is 5.28. The van der Waals surface area contributed by atoms with Crippen molar-refractivity contribution in [3.05, 3.63) is 77.7 Å². The van der Waals surface area contributed by atoms with Gasteiger partial charge in [0.05, 0.1) is 7.11 Å². The molecule has 0 aliphatic carbocycles. The summed E-state index contributed by atoms with van der Waals surface area (Å²) in [6.07, 6.45) is 2.22. The summed E-state index contributed by atoms with van der Waals surface area (Å²) in [6, 6.07) is 17.2. The average molecular weight is 362 g/mol. The standard InChI is InChI=1S/C21H22N4O2/c1-15-3-7-17(8-4-15)25-21(26)19-13-20(24-14-23-19)22-12-11-16-5-9-18(27-2)10-6-16/h3-10,13-14H,11-12H2,1-2H3,(H,25,26)(H,22,23,24). The molecule has 138 valence electrons. The van der Waals surface area contributed by atoms with Gasteiger partial charge in [0.1, 0.15) is 23.6 Å². The van der Waals surface area contributed by atoms with Crippen LogP contribution < -0.4 is 15.4 Å². The van der Waals surface area contributed by atoms with Crippen LogP contribution in [0, 0.1) is 6.92 Å². The van der Waals surface area contributed by atoms with Crippen molar-refractivity contribution < 1.29 is 9.53 Å². The Morgan fingerprint density at radius 3 is 2.48 bits per heavy atom. The number of aromatic nitrogens is 2. The molecule has 0 spiro atoms. The molecule has 0 saturated heterocycles. The van der Waals surface area contributed by atoms with E-state index in [1.54, 1.807) is 13.2 Å². The third-order valence-corrected chi connectivity index (χ3v) is 4.09. The summed E-state index contributed by atoms with van der Waals surface area (Å²) in [4.78, 5) is 20.6. The minimum absolute atomic E-state index is 0.264. The van der Waals surface area contributed by atoms with Gasteiger partial charge in [0.2, 0.25) is 0 Å². The summed E-state index contributed by atoms with van der Waals surface area (Å²) in [5, 5.41) is 6.06. The highest BCUT2D eigenvalue weighted by Crippen LogP contribution is 2.13. The maximum atomic E-state index is 12.4. The number of carbonyl (C=O) groups excluding carboxylic acids is 1. The summed E-state index contributed by atoms with van der Waals surface area (Å²) in [7, 11) is 1.65. The smallest absolute Gasteiger partial charge is 0.274 e. The first-order chi connectivity index (χ1) is 13.1. The molecule has 1 amide bonds. The summed E-state index contributed by atoms with van der Waals surface area (Å²) in [6.45, 7) is 2.70. The zero-order valence-electron chi connectivity index (χ0n) is 15.4. The van der Waals surface area contributed by atoms with Crippen molar-refractivity contribution >= 4 is 17.4 Å². The van der Waals surface area contributed by atoms with E-state index in [1.165, 1.54) is 11.9 Å². The number of rotatable bonds is 7. The summed E-state index contributed by atoms with van der Waals surface area (Å²) >= 11 is 0. The monoisotopic (exact) mass is 362 g/mol. The molecule has 0 atom stereocenters. The number of nitrogens with zero attached hydrogens (tertiary/aromatic N) is 2. The van der Waals surface area contributed by atoms with Crippen LogP contribution in [0.2, 0.25) is 0 Å². The van der Waals surface area contributed by atoms with Crippen LogP contribution in [0.25, 0.3) is 0 Å². The molecule has 0 fully saturated rings. The fourth-order valence-electron chi connectivity index (χ4n) is 2.54. The first-order valence-corrected chi connectivity index (χ1v) is 8.71. The molecular formula is C21H22N4O2. The van der Waals surface area contributed by atoms with Crippen LogP contribution in [-0.2, 0) is 6.42 Å². The Labute approximate surface area is 158 Å². The van der Waals surface area contributed by atoms with Crippen molar-refractivity contribution in [2.45, 2.75) is 13.3 Å². The largest absolute Gasteiger partial charge is 0.497 e. The van der Waals surface area contributed by atoms with Crippen molar-refractivity contribution in [3.63, 3.8) is 0 Å². The number of hydrogen-bond acceptors (Lipinski definition) is 5. The molecule has 3 rings (SSSR count). The highest BCUT2D eigenvalue weighted by molar-refractivity contribution is 6.03. The van der Waals surface area contributed by atoms with Gasteiger partial charge in [0.15, 0.2) is 0 Å². The summed E-state index contributed by atoms with van der Waals surface area (Å²) < 4.78 is 5.16. The Balaban J connectivity index is 1.56. The van der Waals surface area contributed by atoms with Crippen LogP contribution >= 0.6 is 0 Å². The Bertz CT molecular complexity index is 893. The number of benzene rings is 2. The highest BCUT2D eigenvalue weighted by atomic mass is 16.5. The minimum Gasteiger partial charge on any atom is -0.497 e. The van der Waals surface area contributed by atoms with Crippen LogP contribution in [0.1, 0.15) is 21.6 Å². The lowest BCUT2D eigenvalue weighted by Crippen LogP contribution is -2.15. The Morgan fingerprint density at radius 1 is 1.04 bits per heavy atom. The molecule has 3 aromatic rings. The lowest BCUT2D eigenvalue weighted by Gasteiger charge is -2.08. The Morgan fingerprint density at radius 2 is 1.78 bits per heavy atom. The molecular weight excluding hydrogens is 340 g/mol. The first kappa shape index (κ1) is 18.4. The number of carbonyl (C=O) groups is 1. The van der Waals surface area contributed by atoms with Crippen molar-refractivity contribution in [2.75, 3.05) is 24.3 Å². The quantitative estimate of drug-likeness (QED) is 0.670. The van der Waals surface area contributed by atoms with Crippen LogP contribution in [0.4, 0.5) is 11.5 Å². The summed E-state index contributed by atoms with van der Waals surface area (Å²) in [5.41, 5.74) is 3.38. The number of ether oxygens (including phenoxy) is 1. The number of hydrogen-bond donors (Lipinski definition) is 2. The zero-order chi connectivity index (χ0) is 19.1. The van der Waals surface area contributed by atoms with E-state index in [-0.39, 0.29) is 5.91 Å². The maximum absolute atomic E-state index is 12.4. The average Bonchev–Trinajstić information content (AvgIpc) is 2.70. The molecule has 0 aliphatic rings. The lowest BCUT2D eigenvalue weighted by molar-refractivity contribution is 0.102. The third-order valence-electron chi connectivity index (χ3n) is 4.09. The van der Waals surface area contributed by atoms with Crippen LogP contribution in [0.15, 0.2) is 60.9 Å². The molecule has 6 nitrogen and oxygen atoms in total. The van der Waals surface area contributed by atoms with Crippen molar-refractivity contribution in [1.82, 2.24) is 9.97 Å². The zero-order valence-corrected chi connectivity index (χ0v) is 15.4. The Hall–Kier alpha value is -3.41. The molecule has 27 heavy (non-hydrogen) atoms. The van der Waals surface area contributed by atoms with Gasteiger partial charge < -0.3 is 15.4 Å². The van der Waals surface area contributed by atoms with Crippen molar-refractivity contribution in [2.24, 2.45) is 0 Å². The van der Waals surface area contributed by atoms with Gasteiger partial charge in [0, 0.05) is 18.3 Å². The van der Waals surface area contributed by atoms with E-state index in [1.807, 2.05) is 55.5 Å². The molecule has 0 radical (unpaired) electrons. The van der Waals surface area contributed by atoms with Crippen molar-refractivity contribution in [3.8, 4) is 5.75 Å². The van der Waals surface area contributed by atoms with Gasteiger partial charge in [-0.1, -0.05) is 29.8 Å². The SMILES string of the molecule is COc1ccc(CCNc2cc(C(=O)Nc3ccc(C)cc3)ncn2)cc1. The molecule has 0 aliphatic heterocycles. The second-order valence-corrected chi connectivity index (χ2v) is 6.13.